The molecule has 18 heavy (non-hydrogen) atoms. The van der Waals surface area contributed by atoms with Crippen LogP contribution in [0.15, 0.2) is 43.0 Å². The van der Waals surface area contributed by atoms with E-state index >= 15 is 0 Å². The van der Waals surface area contributed by atoms with Gasteiger partial charge in [-0.05, 0) is 39.2 Å². The van der Waals surface area contributed by atoms with Crippen LogP contribution in [0.1, 0.15) is 32.8 Å². The first-order valence-corrected chi connectivity index (χ1v) is 7.41. The minimum atomic E-state index is -1.04. The van der Waals surface area contributed by atoms with Crippen molar-refractivity contribution in [2.45, 2.75) is 44.4 Å². The maximum absolute atomic E-state index is 12.1. The van der Waals surface area contributed by atoms with Crippen LogP contribution in [0.5, 0.6) is 0 Å². The van der Waals surface area contributed by atoms with Crippen molar-refractivity contribution in [3.05, 3.63) is 48.6 Å². The Hall–Kier alpha value is -0.930. The van der Waals surface area contributed by atoms with Crippen molar-refractivity contribution in [3.8, 4) is 0 Å². The van der Waals surface area contributed by atoms with E-state index in [-0.39, 0.29) is 10.8 Å². The van der Waals surface area contributed by atoms with Gasteiger partial charge in [0.15, 0.2) is 0 Å². The summed E-state index contributed by atoms with van der Waals surface area (Å²) in [5, 5.41) is 0. The van der Waals surface area contributed by atoms with Crippen LogP contribution >= 0.6 is 0 Å². The average Bonchev–Trinajstić information content (AvgIpc) is 2.29. The van der Waals surface area contributed by atoms with Crippen LogP contribution in [0.2, 0.25) is 0 Å². The summed E-state index contributed by atoms with van der Waals surface area (Å²) in [7, 11) is -1.04. The zero-order valence-corrected chi connectivity index (χ0v) is 12.3. The lowest BCUT2D eigenvalue weighted by Gasteiger charge is -2.23. The van der Waals surface area contributed by atoms with Gasteiger partial charge in [-0.15, -0.1) is 6.58 Å². The van der Waals surface area contributed by atoms with Gasteiger partial charge in [0.25, 0.3) is 0 Å². The lowest BCUT2D eigenvalue weighted by Crippen LogP contribution is -2.40. The molecule has 3 heteroatoms. The number of benzene rings is 1. The summed E-state index contributed by atoms with van der Waals surface area (Å²) in [6.07, 6.45) is 3.56. The van der Waals surface area contributed by atoms with Gasteiger partial charge in [0.1, 0.15) is 0 Å². The molecular formula is C15H23NOS. The van der Waals surface area contributed by atoms with E-state index in [1.165, 1.54) is 5.56 Å². The molecule has 0 radical (unpaired) electrons. The Morgan fingerprint density at radius 1 is 1.33 bits per heavy atom. The Morgan fingerprint density at radius 2 is 1.94 bits per heavy atom. The lowest BCUT2D eigenvalue weighted by molar-refractivity contribution is 0.583. The van der Waals surface area contributed by atoms with E-state index < -0.39 is 11.0 Å². The molecule has 1 unspecified atom stereocenters. The summed E-state index contributed by atoms with van der Waals surface area (Å²) < 4.78 is 15.1. The highest BCUT2D eigenvalue weighted by Gasteiger charge is 2.22. The van der Waals surface area contributed by atoms with E-state index in [2.05, 4.69) is 23.4 Å². The predicted molar refractivity (Wildman–Crippen MR) is 79.8 cm³/mol. The van der Waals surface area contributed by atoms with Crippen molar-refractivity contribution >= 4 is 11.0 Å². The van der Waals surface area contributed by atoms with E-state index in [1.807, 2.05) is 45.0 Å². The van der Waals surface area contributed by atoms with E-state index in [1.54, 1.807) is 0 Å². The van der Waals surface area contributed by atoms with E-state index in [9.17, 15) is 4.21 Å². The highest BCUT2D eigenvalue weighted by molar-refractivity contribution is 7.84. The molecule has 0 saturated heterocycles. The van der Waals surface area contributed by atoms with Crippen LogP contribution in [0, 0.1) is 0 Å². The van der Waals surface area contributed by atoms with Crippen molar-refractivity contribution in [3.63, 3.8) is 0 Å². The predicted octanol–water partition coefficient (Wildman–Crippen LogP) is 3.23. The number of nitrogens with one attached hydrogen (secondary N) is 1. The maximum Gasteiger partial charge on any atom is 0.0972 e. The Morgan fingerprint density at radius 3 is 2.44 bits per heavy atom. The Bertz CT molecular complexity index is 395. The Labute approximate surface area is 113 Å². The Balaban J connectivity index is 2.66. The molecule has 1 aromatic rings. The van der Waals surface area contributed by atoms with Gasteiger partial charge in [0, 0.05) is 6.04 Å². The fourth-order valence-electron chi connectivity index (χ4n) is 1.60. The fourth-order valence-corrected chi connectivity index (χ4v) is 2.44. The zero-order valence-electron chi connectivity index (χ0n) is 11.5. The van der Waals surface area contributed by atoms with Gasteiger partial charge in [-0.25, -0.2) is 8.93 Å². The van der Waals surface area contributed by atoms with Crippen LogP contribution in [-0.4, -0.2) is 15.0 Å². The molecule has 1 aromatic carbocycles. The molecule has 0 fully saturated rings. The van der Waals surface area contributed by atoms with Gasteiger partial charge >= 0.3 is 0 Å². The first-order valence-electron chi connectivity index (χ1n) is 6.26. The van der Waals surface area contributed by atoms with Crippen LogP contribution in [-0.2, 0) is 17.4 Å². The highest BCUT2D eigenvalue weighted by Crippen LogP contribution is 2.12. The second kappa shape index (κ2) is 6.86. The van der Waals surface area contributed by atoms with Crippen molar-refractivity contribution in [1.82, 2.24) is 4.72 Å². The molecular weight excluding hydrogens is 242 g/mol. The molecule has 0 aliphatic heterocycles. The summed E-state index contributed by atoms with van der Waals surface area (Å²) in [5.74, 6) is 0. The van der Waals surface area contributed by atoms with Gasteiger partial charge in [0.2, 0.25) is 0 Å². The molecule has 2 nitrogen and oxygen atoms in total. The summed E-state index contributed by atoms with van der Waals surface area (Å²) in [6, 6.07) is 10.4. The van der Waals surface area contributed by atoms with Crippen molar-refractivity contribution in [1.29, 1.82) is 0 Å². The summed E-state index contributed by atoms with van der Waals surface area (Å²) in [6.45, 7) is 9.70. The van der Waals surface area contributed by atoms with Crippen LogP contribution in [0.25, 0.3) is 0 Å². The summed E-state index contributed by atoms with van der Waals surface area (Å²) >= 11 is 0. The van der Waals surface area contributed by atoms with Gasteiger partial charge in [-0.3, -0.25) is 0 Å². The molecule has 1 N–H and O–H groups in total. The SMILES string of the molecule is C=CC[C@H](Cc1ccccc1)NS(=O)C(C)(C)C. The van der Waals surface area contributed by atoms with E-state index in [0.717, 1.165) is 12.8 Å². The number of hydrogen-bond acceptors (Lipinski definition) is 1. The third-order valence-electron chi connectivity index (χ3n) is 2.61. The molecule has 0 aliphatic carbocycles. The molecule has 0 saturated carbocycles. The smallest absolute Gasteiger partial charge is 0.0972 e. The van der Waals surface area contributed by atoms with E-state index in [4.69, 9.17) is 0 Å². The Kier molecular flexibility index (Phi) is 5.76. The summed E-state index contributed by atoms with van der Waals surface area (Å²) in [5.41, 5.74) is 1.25. The van der Waals surface area contributed by atoms with Gasteiger partial charge in [-0.2, -0.15) is 0 Å². The second-order valence-electron chi connectivity index (χ2n) is 5.41. The van der Waals surface area contributed by atoms with Crippen LogP contribution < -0.4 is 4.72 Å². The van der Waals surface area contributed by atoms with Gasteiger partial charge < -0.3 is 0 Å². The van der Waals surface area contributed by atoms with Gasteiger partial charge in [0.05, 0.1) is 15.7 Å². The third-order valence-corrected chi connectivity index (χ3v) is 4.27. The zero-order chi connectivity index (χ0) is 13.6. The first-order chi connectivity index (χ1) is 8.43. The quantitative estimate of drug-likeness (QED) is 0.786. The molecule has 0 bridgehead atoms. The van der Waals surface area contributed by atoms with Crippen LogP contribution in [0.3, 0.4) is 0 Å². The first kappa shape index (κ1) is 15.1. The number of rotatable bonds is 6. The lowest BCUT2D eigenvalue weighted by atomic mass is 10.0. The molecule has 0 heterocycles. The maximum atomic E-state index is 12.1. The summed E-state index contributed by atoms with van der Waals surface area (Å²) in [4.78, 5) is 0. The minimum Gasteiger partial charge on any atom is -0.242 e. The largest absolute Gasteiger partial charge is 0.242 e. The van der Waals surface area contributed by atoms with Crippen LogP contribution in [0.4, 0.5) is 0 Å². The molecule has 2 atom stereocenters. The molecule has 0 aromatic heterocycles. The normalized spacial score (nSPS) is 15.1. The molecule has 0 spiro atoms. The molecule has 100 valence electrons. The standard InChI is InChI=1S/C15H23NOS/c1-5-9-14(16-18(17)15(2,3)4)12-13-10-7-6-8-11-13/h5-8,10-11,14,16H,1,9,12H2,2-4H3/t14-,18?/m1/s1. The van der Waals surface area contributed by atoms with E-state index in [0.29, 0.717) is 0 Å². The topological polar surface area (TPSA) is 29.1 Å². The fraction of sp³-hybridized carbons (Fsp3) is 0.467. The monoisotopic (exact) mass is 265 g/mol. The minimum absolute atomic E-state index is 0.171. The molecule has 1 rings (SSSR count). The second-order valence-corrected chi connectivity index (χ2v) is 7.41. The van der Waals surface area contributed by atoms with Crippen molar-refractivity contribution in [2.75, 3.05) is 0 Å². The van der Waals surface area contributed by atoms with Crippen molar-refractivity contribution in [2.24, 2.45) is 0 Å². The van der Waals surface area contributed by atoms with Crippen molar-refractivity contribution < 1.29 is 4.21 Å². The molecule has 0 amide bonds. The highest BCUT2D eigenvalue weighted by atomic mass is 32.2. The molecule has 0 aliphatic rings. The number of hydrogen-bond donors (Lipinski definition) is 1. The average molecular weight is 265 g/mol. The third kappa shape index (κ3) is 5.15. The van der Waals surface area contributed by atoms with Gasteiger partial charge in [-0.1, -0.05) is 36.4 Å².